The molecule has 5 nitrogen and oxygen atoms in total. The molecule has 6 aromatic rings. The van der Waals surface area contributed by atoms with Crippen LogP contribution in [0.2, 0.25) is 10.0 Å². The molecule has 1 aliphatic heterocycles. The van der Waals surface area contributed by atoms with Crippen LogP contribution in [0.25, 0.3) is 28.7 Å². The Balaban J connectivity index is 1.48. The van der Waals surface area contributed by atoms with Gasteiger partial charge in [-0.2, -0.15) is 5.10 Å². The fraction of sp³-hybridized carbons (Fsp3) is 0.0294. The monoisotopic (exact) mass is 604 g/mol. The lowest BCUT2D eigenvalue weighted by molar-refractivity contribution is 0.645. The molecule has 0 aliphatic carbocycles. The molecule has 1 unspecified atom stereocenters. The summed E-state index contributed by atoms with van der Waals surface area (Å²) in [5, 5.41) is 6.31. The van der Waals surface area contributed by atoms with Crippen molar-refractivity contribution in [1.29, 1.82) is 0 Å². The van der Waals surface area contributed by atoms with Gasteiger partial charge < -0.3 is 0 Å². The molecule has 2 aromatic heterocycles. The SMILES string of the molecule is O=c1/c(=C/c2ccc(Cl)cc2)sc2n1C(c1cn(-c3ccccc3)nc1-c1ccc(Cl)cc1)C=C(c1ccccc1)N=2. The average molecular weight is 606 g/mol. The predicted octanol–water partition coefficient (Wildman–Crippen LogP) is 7.16. The number of rotatable bonds is 5. The van der Waals surface area contributed by atoms with Gasteiger partial charge in [0.25, 0.3) is 5.56 Å². The van der Waals surface area contributed by atoms with Crippen LogP contribution in [0.3, 0.4) is 0 Å². The molecule has 204 valence electrons. The third-order valence-electron chi connectivity index (χ3n) is 7.08. The summed E-state index contributed by atoms with van der Waals surface area (Å²) in [7, 11) is 0. The summed E-state index contributed by atoms with van der Waals surface area (Å²) in [5.41, 5.74) is 6.01. The van der Waals surface area contributed by atoms with Crippen molar-refractivity contribution in [2.24, 2.45) is 4.99 Å². The fourth-order valence-electron chi connectivity index (χ4n) is 5.03. The van der Waals surface area contributed by atoms with Crippen LogP contribution in [-0.4, -0.2) is 14.3 Å². The number of thiazole rings is 1. The standard InChI is InChI=1S/C34H22Cl2N4OS/c35-25-15-11-22(12-16-25)19-31-33(41)40-30(20-29(37-34(40)42-31)23-7-3-1-4-8-23)28-21-39(27-9-5-2-6-10-27)38-32(28)24-13-17-26(36)18-14-24/h1-21,30H/b31-19-. The molecule has 0 N–H and O–H groups in total. The highest BCUT2D eigenvalue weighted by molar-refractivity contribution is 7.07. The van der Waals surface area contributed by atoms with Gasteiger partial charge in [0.1, 0.15) is 0 Å². The second kappa shape index (κ2) is 11.1. The highest BCUT2D eigenvalue weighted by atomic mass is 35.5. The van der Waals surface area contributed by atoms with Gasteiger partial charge in [-0.3, -0.25) is 9.36 Å². The highest BCUT2D eigenvalue weighted by Crippen LogP contribution is 2.34. The topological polar surface area (TPSA) is 52.2 Å². The minimum atomic E-state index is -0.452. The van der Waals surface area contributed by atoms with Crippen LogP contribution in [0.15, 0.2) is 131 Å². The average Bonchev–Trinajstić information content (AvgIpc) is 3.61. The number of allylic oxidation sites excluding steroid dienone is 1. The normalized spacial score (nSPS) is 14.8. The molecule has 3 heterocycles. The summed E-state index contributed by atoms with van der Waals surface area (Å²) in [6.45, 7) is 0. The van der Waals surface area contributed by atoms with Crippen LogP contribution in [0, 0.1) is 0 Å². The van der Waals surface area contributed by atoms with Gasteiger partial charge >= 0.3 is 0 Å². The summed E-state index contributed by atoms with van der Waals surface area (Å²) in [5.74, 6) is 0. The zero-order chi connectivity index (χ0) is 28.6. The molecular formula is C34H22Cl2N4OS. The third-order valence-corrected chi connectivity index (χ3v) is 8.57. The van der Waals surface area contributed by atoms with E-state index in [0.717, 1.165) is 39.3 Å². The first-order valence-corrected chi connectivity index (χ1v) is 14.9. The second-order valence-electron chi connectivity index (χ2n) is 9.81. The minimum absolute atomic E-state index is 0.114. The summed E-state index contributed by atoms with van der Waals surface area (Å²) in [6, 6.07) is 34.5. The van der Waals surface area contributed by atoms with Crippen molar-refractivity contribution < 1.29 is 0 Å². The maximum absolute atomic E-state index is 14.1. The molecular weight excluding hydrogens is 583 g/mol. The number of para-hydroxylation sites is 1. The van der Waals surface area contributed by atoms with E-state index < -0.39 is 6.04 Å². The first-order chi connectivity index (χ1) is 20.5. The summed E-state index contributed by atoms with van der Waals surface area (Å²) in [6.07, 6.45) is 5.94. The minimum Gasteiger partial charge on any atom is -0.272 e. The number of nitrogens with zero attached hydrogens (tertiary/aromatic N) is 4. The van der Waals surface area contributed by atoms with Crippen LogP contribution in [0.4, 0.5) is 0 Å². The first-order valence-electron chi connectivity index (χ1n) is 13.3. The Bertz CT molecular complexity index is 2110. The predicted molar refractivity (Wildman–Crippen MR) is 171 cm³/mol. The van der Waals surface area contributed by atoms with Gasteiger partial charge in [-0.25, -0.2) is 9.67 Å². The molecule has 0 saturated carbocycles. The zero-order valence-corrected chi connectivity index (χ0v) is 24.4. The molecule has 0 radical (unpaired) electrons. The molecule has 0 spiro atoms. The Morgan fingerprint density at radius 3 is 2.10 bits per heavy atom. The molecule has 8 heteroatoms. The fourth-order valence-corrected chi connectivity index (χ4v) is 6.30. The summed E-state index contributed by atoms with van der Waals surface area (Å²) < 4.78 is 4.22. The van der Waals surface area contributed by atoms with E-state index in [1.54, 1.807) is 4.57 Å². The molecule has 0 amide bonds. The van der Waals surface area contributed by atoms with E-state index in [1.165, 1.54) is 11.3 Å². The van der Waals surface area contributed by atoms with Crippen molar-refractivity contribution in [3.8, 4) is 16.9 Å². The number of fused-ring (bicyclic) bond motifs is 1. The summed E-state index contributed by atoms with van der Waals surface area (Å²) in [4.78, 5) is 19.7. The molecule has 4 aromatic carbocycles. The molecule has 0 bridgehead atoms. The van der Waals surface area contributed by atoms with Crippen LogP contribution in [-0.2, 0) is 0 Å². The highest BCUT2D eigenvalue weighted by Gasteiger charge is 2.27. The lowest BCUT2D eigenvalue weighted by Crippen LogP contribution is -2.36. The van der Waals surface area contributed by atoms with Gasteiger partial charge in [-0.05, 0) is 59.7 Å². The van der Waals surface area contributed by atoms with Crippen molar-refractivity contribution in [1.82, 2.24) is 14.3 Å². The Morgan fingerprint density at radius 1 is 0.762 bits per heavy atom. The lowest BCUT2D eigenvalue weighted by Gasteiger charge is -2.19. The van der Waals surface area contributed by atoms with Crippen molar-refractivity contribution in [3.63, 3.8) is 0 Å². The van der Waals surface area contributed by atoms with Gasteiger partial charge in [0.05, 0.1) is 27.7 Å². The van der Waals surface area contributed by atoms with E-state index in [-0.39, 0.29) is 5.56 Å². The van der Waals surface area contributed by atoms with E-state index in [4.69, 9.17) is 33.3 Å². The molecule has 42 heavy (non-hydrogen) atoms. The molecule has 0 fully saturated rings. The largest absolute Gasteiger partial charge is 0.272 e. The number of hydrogen-bond donors (Lipinski definition) is 0. The molecule has 1 atom stereocenters. The molecule has 0 saturated heterocycles. The summed E-state index contributed by atoms with van der Waals surface area (Å²) >= 11 is 13.7. The molecule has 1 aliphatic rings. The van der Waals surface area contributed by atoms with Crippen molar-refractivity contribution >= 4 is 46.3 Å². The Morgan fingerprint density at radius 2 is 1.40 bits per heavy atom. The van der Waals surface area contributed by atoms with Gasteiger partial charge in [0.2, 0.25) is 0 Å². The molecule has 7 rings (SSSR count). The van der Waals surface area contributed by atoms with Crippen LogP contribution in [0.1, 0.15) is 22.7 Å². The van der Waals surface area contributed by atoms with Crippen molar-refractivity contribution in [3.05, 3.63) is 168 Å². The van der Waals surface area contributed by atoms with Crippen molar-refractivity contribution in [2.75, 3.05) is 0 Å². The first kappa shape index (κ1) is 26.4. The van der Waals surface area contributed by atoms with E-state index in [9.17, 15) is 4.79 Å². The van der Waals surface area contributed by atoms with Crippen LogP contribution >= 0.6 is 34.5 Å². The third kappa shape index (κ3) is 5.05. The van der Waals surface area contributed by atoms with Crippen LogP contribution < -0.4 is 14.9 Å². The second-order valence-corrected chi connectivity index (χ2v) is 11.7. The number of aromatic nitrogens is 3. The van der Waals surface area contributed by atoms with E-state index in [2.05, 4.69) is 0 Å². The lowest BCUT2D eigenvalue weighted by atomic mass is 9.99. The number of hydrogen-bond acceptors (Lipinski definition) is 4. The smallest absolute Gasteiger partial charge is 0.271 e. The van der Waals surface area contributed by atoms with Gasteiger partial charge in [-0.1, -0.05) is 107 Å². The maximum atomic E-state index is 14.1. The Kier molecular flexibility index (Phi) is 6.96. The quantitative estimate of drug-likeness (QED) is 0.209. The van der Waals surface area contributed by atoms with E-state index in [1.807, 2.05) is 132 Å². The van der Waals surface area contributed by atoms with Gasteiger partial charge in [-0.15, -0.1) is 0 Å². The maximum Gasteiger partial charge on any atom is 0.271 e. The number of halogens is 2. The van der Waals surface area contributed by atoms with E-state index in [0.29, 0.717) is 19.4 Å². The van der Waals surface area contributed by atoms with Gasteiger partial charge in [0, 0.05) is 27.4 Å². The van der Waals surface area contributed by atoms with E-state index >= 15 is 0 Å². The number of benzene rings is 4. The van der Waals surface area contributed by atoms with Gasteiger partial charge in [0.15, 0.2) is 4.80 Å². The van der Waals surface area contributed by atoms with Crippen molar-refractivity contribution in [2.45, 2.75) is 6.04 Å². The Labute approximate surface area is 255 Å². The zero-order valence-electron chi connectivity index (χ0n) is 22.1. The Hall–Kier alpha value is -4.49. The van der Waals surface area contributed by atoms with Crippen LogP contribution in [0.5, 0.6) is 0 Å².